The number of hydrogen-bond acceptors (Lipinski definition) is 1. The molecule has 1 aliphatic heterocycles. The number of allylic oxidation sites excluding steroid dienone is 1. The van der Waals surface area contributed by atoms with Crippen LogP contribution < -0.4 is 0 Å². The van der Waals surface area contributed by atoms with Crippen LogP contribution in [0.25, 0.3) is 0 Å². The molecule has 0 aliphatic carbocycles. The maximum atomic E-state index is 2.34. The second-order valence-electron chi connectivity index (χ2n) is 4.25. The standard InChI is InChI=1S/C11H21N/c1-10(2)11-6-4-8-12(3)9-5-7-11/h4,8,10-11H,5-7,9H2,1-3H3/b8-4-. The molecule has 1 heterocycles. The Bertz CT molecular complexity index is 149. The molecular formula is C11H21N. The molecule has 0 bridgehead atoms. The highest BCUT2D eigenvalue weighted by molar-refractivity contribution is 4.86. The topological polar surface area (TPSA) is 3.24 Å². The van der Waals surface area contributed by atoms with Crippen molar-refractivity contribution in [3.8, 4) is 0 Å². The van der Waals surface area contributed by atoms with Gasteiger partial charge in [0, 0.05) is 13.6 Å². The zero-order chi connectivity index (χ0) is 8.97. The highest BCUT2D eigenvalue weighted by Crippen LogP contribution is 2.22. The van der Waals surface area contributed by atoms with E-state index in [0.717, 1.165) is 11.8 Å². The molecule has 70 valence electrons. The summed E-state index contributed by atoms with van der Waals surface area (Å²) in [5.74, 6) is 1.76. The minimum Gasteiger partial charge on any atom is -0.381 e. The monoisotopic (exact) mass is 167 g/mol. The highest BCUT2D eigenvalue weighted by Gasteiger charge is 2.12. The zero-order valence-corrected chi connectivity index (χ0v) is 8.59. The lowest BCUT2D eigenvalue weighted by Crippen LogP contribution is -2.18. The molecule has 0 amide bonds. The third kappa shape index (κ3) is 2.88. The van der Waals surface area contributed by atoms with Crippen molar-refractivity contribution in [3.05, 3.63) is 12.3 Å². The molecule has 0 aromatic carbocycles. The summed E-state index contributed by atoms with van der Waals surface area (Å²) in [6, 6.07) is 0. The van der Waals surface area contributed by atoms with Gasteiger partial charge in [0.2, 0.25) is 0 Å². The predicted octanol–water partition coefficient (Wildman–Crippen LogP) is 2.89. The van der Waals surface area contributed by atoms with Gasteiger partial charge in [-0.1, -0.05) is 19.9 Å². The molecule has 0 aromatic heterocycles. The minimum absolute atomic E-state index is 0.845. The Kier molecular flexibility index (Phi) is 3.64. The van der Waals surface area contributed by atoms with Gasteiger partial charge in [-0.05, 0) is 37.3 Å². The predicted molar refractivity (Wildman–Crippen MR) is 53.9 cm³/mol. The van der Waals surface area contributed by atoms with Crippen molar-refractivity contribution < 1.29 is 0 Å². The Morgan fingerprint density at radius 1 is 1.42 bits per heavy atom. The molecule has 0 saturated carbocycles. The van der Waals surface area contributed by atoms with Crippen molar-refractivity contribution in [1.29, 1.82) is 0 Å². The molecule has 1 heteroatoms. The van der Waals surface area contributed by atoms with Crippen molar-refractivity contribution in [2.24, 2.45) is 11.8 Å². The molecule has 1 atom stereocenters. The SMILES string of the molecule is CC(C)C1C/C=C\N(C)CCC1. The van der Waals surface area contributed by atoms with Gasteiger partial charge in [-0.25, -0.2) is 0 Å². The minimum atomic E-state index is 0.845. The van der Waals surface area contributed by atoms with E-state index in [1.54, 1.807) is 0 Å². The van der Waals surface area contributed by atoms with Crippen molar-refractivity contribution in [2.45, 2.75) is 33.1 Å². The molecule has 0 N–H and O–H groups in total. The van der Waals surface area contributed by atoms with E-state index < -0.39 is 0 Å². The van der Waals surface area contributed by atoms with Crippen molar-refractivity contribution >= 4 is 0 Å². The lowest BCUT2D eigenvalue weighted by molar-refractivity contribution is 0.316. The van der Waals surface area contributed by atoms with Crippen LogP contribution in [0.15, 0.2) is 12.3 Å². The van der Waals surface area contributed by atoms with Crippen LogP contribution in [0, 0.1) is 11.8 Å². The van der Waals surface area contributed by atoms with E-state index in [0.29, 0.717) is 0 Å². The van der Waals surface area contributed by atoms with Gasteiger partial charge in [-0.2, -0.15) is 0 Å². The van der Waals surface area contributed by atoms with Crippen LogP contribution in [-0.4, -0.2) is 18.5 Å². The molecule has 12 heavy (non-hydrogen) atoms. The Balaban J connectivity index is 2.44. The normalized spacial score (nSPS) is 28.3. The maximum absolute atomic E-state index is 2.34. The first kappa shape index (κ1) is 9.63. The number of rotatable bonds is 1. The second-order valence-corrected chi connectivity index (χ2v) is 4.25. The molecule has 1 aliphatic rings. The van der Waals surface area contributed by atoms with Gasteiger partial charge >= 0.3 is 0 Å². The van der Waals surface area contributed by atoms with Crippen molar-refractivity contribution in [3.63, 3.8) is 0 Å². The van der Waals surface area contributed by atoms with E-state index >= 15 is 0 Å². The lowest BCUT2D eigenvalue weighted by atomic mass is 9.88. The van der Waals surface area contributed by atoms with Gasteiger partial charge in [0.05, 0.1) is 0 Å². The second kappa shape index (κ2) is 4.54. The summed E-state index contributed by atoms with van der Waals surface area (Å²) in [7, 11) is 2.16. The van der Waals surface area contributed by atoms with Gasteiger partial charge in [-0.3, -0.25) is 0 Å². The molecule has 1 nitrogen and oxygen atoms in total. The van der Waals surface area contributed by atoms with Crippen LogP contribution in [-0.2, 0) is 0 Å². The Labute approximate surface area is 76.5 Å². The number of nitrogens with zero attached hydrogens (tertiary/aromatic N) is 1. The first-order chi connectivity index (χ1) is 5.70. The first-order valence-electron chi connectivity index (χ1n) is 5.07. The average Bonchev–Trinajstić information content (AvgIpc) is 1.95. The largest absolute Gasteiger partial charge is 0.381 e. The van der Waals surface area contributed by atoms with E-state index in [-0.39, 0.29) is 0 Å². The molecule has 1 rings (SSSR count). The molecular weight excluding hydrogens is 146 g/mol. The van der Waals surface area contributed by atoms with Gasteiger partial charge in [0.15, 0.2) is 0 Å². The van der Waals surface area contributed by atoms with Crippen molar-refractivity contribution in [1.82, 2.24) is 4.90 Å². The summed E-state index contributed by atoms with van der Waals surface area (Å²) in [5.41, 5.74) is 0. The van der Waals surface area contributed by atoms with E-state index in [4.69, 9.17) is 0 Å². The first-order valence-corrected chi connectivity index (χ1v) is 5.07. The molecule has 0 saturated heterocycles. The Morgan fingerprint density at radius 3 is 2.83 bits per heavy atom. The highest BCUT2D eigenvalue weighted by atomic mass is 15.1. The summed E-state index contributed by atoms with van der Waals surface area (Å²) >= 11 is 0. The average molecular weight is 167 g/mol. The fraction of sp³-hybridized carbons (Fsp3) is 0.818. The summed E-state index contributed by atoms with van der Waals surface area (Å²) < 4.78 is 0. The van der Waals surface area contributed by atoms with Gasteiger partial charge < -0.3 is 4.90 Å². The smallest absolute Gasteiger partial charge is 0.0169 e. The van der Waals surface area contributed by atoms with Crippen LogP contribution in [0.2, 0.25) is 0 Å². The lowest BCUT2D eigenvalue weighted by Gasteiger charge is -2.24. The molecule has 0 aromatic rings. The van der Waals surface area contributed by atoms with E-state index in [9.17, 15) is 0 Å². The summed E-state index contributed by atoms with van der Waals surface area (Å²) in [5, 5.41) is 0. The Hall–Kier alpha value is -0.460. The third-order valence-electron chi connectivity index (χ3n) is 2.83. The number of hydrogen-bond donors (Lipinski definition) is 0. The molecule has 0 fully saturated rings. The summed E-state index contributed by atoms with van der Waals surface area (Å²) in [6.45, 7) is 5.90. The maximum Gasteiger partial charge on any atom is 0.0169 e. The van der Waals surface area contributed by atoms with Crippen molar-refractivity contribution in [2.75, 3.05) is 13.6 Å². The van der Waals surface area contributed by atoms with Crippen LogP contribution in [0.4, 0.5) is 0 Å². The fourth-order valence-electron chi connectivity index (χ4n) is 1.82. The van der Waals surface area contributed by atoms with Crippen LogP contribution in [0.3, 0.4) is 0 Å². The summed E-state index contributed by atoms with van der Waals surface area (Å²) in [6.07, 6.45) is 8.57. The van der Waals surface area contributed by atoms with Crippen LogP contribution in [0.5, 0.6) is 0 Å². The Morgan fingerprint density at radius 2 is 2.17 bits per heavy atom. The van der Waals surface area contributed by atoms with E-state index in [1.807, 2.05) is 0 Å². The van der Waals surface area contributed by atoms with E-state index in [1.165, 1.54) is 25.8 Å². The molecule has 1 unspecified atom stereocenters. The van der Waals surface area contributed by atoms with Crippen LogP contribution in [0.1, 0.15) is 33.1 Å². The fourth-order valence-corrected chi connectivity index (χ4v) is 1.82. The molecule has 0 radical (unpaired) electrons. The molecule has 0 spiro atoms. The zero-order valence-electron chi connectivity index (χ0n) is 8.59. The van der Waals surface area contributed by atoms with Gasteiger partial charge in [0.1, 0.15) is 0 Å². The third-order valence-corrected chi connectivity index (χ3v) is 2.83. The quantitative estimate of drug-likeness (QED) is 0.580. The summed E-state index contributed by atoms with van der Waals surface area (Å²) in [4.78, 5) is 2.29. The van der Waals surface area contributed by atoms with Crippen LogP contribution >= 0.6 is 0 Å². The van der Waals surface area contributed by atoms with Gasteiger partial charge in [0.25, 0.3) is 0 Å². The van der Waals surface area contributed by atoms with E-state index in [2.05, 4.69) is 38.1 Å². The van der Waals surface area contributed by atoms with Gasteiger partial charge in [-0.15, -0.1) is 0 Å².